The minimum Gasteiger partial charge on any atom is -0.383 e. The molecule has 21 heavy (non-hydrogen) atoms. The molecule has 0 saturated carbocycles. The fourth-order valence-corrected chi connectivity index (χ4v) is 2.36. The third-order valence-corrected chi connectivity index (χ3v) is 3.67. The Morgan fingerprint density at radius 3 is 2.38 bits per heavy atom. The van der Waals surface area contributed by atoms with Crippen LogP contribution in [0.2, 0.25) is 5.15 Å². The SMILES string of the molecule is CC(C)c1nn(C)c(Cl)c1C(O)c1ccc(F)c(F)c1F. The maximum absolute atomic E-state index is 13.8. The van der Waals surface area contributed by atoms with Gasteiger partial charge in [-0.1, -0.05) is 31.5 Å². The van der Waals surface area contributed by atoms with Crippen LogP contribution < -0.4 is 0 Å². The number of rotatable bonds is 3. The highest BCUT2D eigenvalue weighted by molar-refractivity contribution is 6.30. The van der Waals surface area contributed by atoms with Gasteiger partial charge in [-0.15, -0.1) is 0 Å². The van der Waals surface area contributed by atoms with Crippen molar-refractivity contribution in [2.75, 3.05) is 0 Å². The highest BCUT2D eigenvalue weighted by Crippen LogP contribution is 2.35. The van der Waals surface area contributed by atoms with E-state index in [1.54, 1.807) is 7.05 Å². The van der Waals surface area contributed by atoms with Crippen molar-refractivity contribution >= 4 is 11.6 Å². The van der Waals surface area contributed by atoms with Crippen LogP contribution >= 0.6 is 11.6 Å². The van der Waals surface area contributed by atoms with E-state index in [1.165, 1.54) is 4.68 Å². The van der Waals surface area contributed by atoms with E-state index in [2.05, 4.69) is 5.10 Å². The third-order valence-electron chi connectivity index (χ3n) is 3.22. The van der Waals surface area contributed by atoms with Crippen LogP contribution in [0.3, 0.4) is 0 Å². The van der Waals surface area contributed by atoms with Crippen LogP contribution in [0.25, 0.3) is 0 Å². The van der Waals surface area contributed by atoms with Gasteiger partial charge in [0.05, 0.1) is 5.69 Å². The molecule has 2 aromatic rings. The minimum absolute atomic E-state index is 0.0818. The molecule has 1 N–H and O–H groups in total. The average molecular weight is 319 g/mol. The second kappa shape index (κ2) is 5.69. The molecular weight excluding hydrogens is 305 g/mol. The molecule has 0 aliphatic rings. The number of hydrogen-bond donors (Lipinski definition) is 1. The Balaban J connectivity index is 2.60. The van der Waals surface area contributed by atoms with Crippen LogP contribution in [-0.4, -0.2) is 14.9 Å². The molecule has 0 aliphatic carbocycles. The summed E-state index contributed by atoms with van der Waals surface area (Å²) in [6, 6.07) is 1.75. The first-order valence-electron chi connectivity index (χ1n) is 6.29. The lowest BCUT2D eigenvalue weighted by Crippen LogP contribution is -2.08. The van der Waals surface area contributed by atoms with E-state index >= 15 is 0 Å². The molecule has 1 atom stereocenters. The Bertz CT molecular complexity index is 685. The Labute approximate surface area is 125 Å². The van der Waals surface area contributed by atoms with Gasteiger partial charge in [-0.25, -0.2) is 13.2 Å². The second-order valence-corrected chi connectivity index (χ2v) is 5.39. The van der Waals surface area contributed by atoms with Gasteiger partial charge in [-0.2, -0.15) is 5.10 Å². The van der Waals surface area contributed by atoms with E-state index in [0.717, 1.165) is 12.1 Å². The Kier molecular flexibility index (Phi) is 4.30. The van der Waals surface area contributed by atoms with Crippen molar-refractivity contribution in [2.24, 2.45) is 7.05 Å². The summed E-state index contributed by atoms with van der Waals surface area (Å²) in [7, 11) is 1.58. The van der Waals surface area contributed by atoms with Crippen LogP contribution in [0.4, 0.5) is 13.2 Å². The van der Waals surface area contributed by atoms with Crippen molar-refractivity contribution in [3.8, 4) is 0 Å². The van der Waals surface area contributed by atoms with Gasteiger partial charge in [0.1, 0.15) is 11.3 Å². The zero-order valence-corrected chi connectivity index (χ0v) is 12.4. The highest BCUT2D eigenvalue weighted by Gasteiger charge is 2.28. The number of aliphatic hydroxyl groups excluding tert-OH is 1. The van der Waals surface area contributed by atoms with Crippen molar-refractivity contribution in [3.63, 3.8) is 0 Å². The molecule has 0 radical (unpaired) electrons. The zero-order valence-electron chi connectivity index (χ0n) is 11.7. The summed E-state index contributed by atoms with van der Waals surface area (Å²) in [6.07, 6.45) is -1.53. The largest absolute Gasteiger partial charge is 0.383 e. The van der Waals surface area contributed by atoms with Gasteiger partial charge in [0.25, 0.3) is 0 Å². The van der Waals surface area contributed by atoms with Gasteiger partial charge in [0, 0.05) is 18.2 Å². The summed E-state index contributed by atoms with van der Waals surface area (Å²) in [5, 5.41) is 14.6. The van der Waals surface area contributed by atoms with Crippen molar-refractivity contribution in [2.45, 2.75) is 25.9 Å². The van der Waals surface area contributed by atoms with Crippen LogP contribution in [0.5, 0.6) is 0 Å². The molecule has 0 spiro atoms. The normalized spacial score (nSPS) is 13.0. The Morgan fingerprint density at radius 2 is 1.81 bits per heavy atom. The van der Waals surface area contributed by atoms with E-state index in [4.69, 9.17) is 11.6 Å². The summed E-state index contributed by atoms with van der Waals surface area (Å²) in [5.74, 6) is -4.46. The summed E-state index contributed by atoms with van der Waals surface area (Å²) >= 11 is 6.08. The minimum atomic E-state index is -1.63. The number of hydrogen-bond acceptors (Lipinski definition) is 2. The van der Waals surface area contributed by atoms with E-state index in [0.29, 0.717) is 5.69 Å². The summed E-state index contributed by atoms with van der Waals surface area (Å²) < 4.78 is 41.5. The molecule has 0 bridgehead atoms. The number of nitrogens with zero attached hydrogens (tertiary/aromatic N) is 2. The molecule has 1 heterocycles. The second-order valence-electron chi connectivity index (χ2n) is 5.04. The summed E-state index contributed by atoms with van der Waals surface area (Å²) in [5.41, 5.74) is 0.281. The lowest BCUT2D eigenvalue weighted by Gasteiger charge is -2.15. The fraction of sp³-hybridized carbons (Fsp3) is 0.357. The molecule has 1 aromatic carbocycles. The summed E-state index contributed by atoms with van der Waals surface area (Å²) in [4.78, 5) is 0. The van der Waals surface area contributed by atoms with Crippen LogP contribution in [0.15, 0.2) is 12.1 Å². The molecule has 0 amide bonds. The standard InChI is InChI=1S/C14H14ClF3N2O/c1-6(2)12-9(14(15)20(3)19-12)13(21)7-4-5-8(16)11(18)10(7)17/h4-6,13,21H,1-3H3. The van der Waals surface area contributed by atoms with Gasteiger partial charge < -0.3 is 5.11 Å². The van der Waals surface area contributed by atoms with E-state index in [1.807, 2.05) is 13.8 Å². The van der Waals surface area contributed by atoms with Crippen molar-refractivity contribution < 1.29 is 18.3 Å². The molecule has 0 fully saturated rings. The zero-order chi connectivity index (χ0) is 15.9. The molecule has 1 aromatic heterocycles. The maximum atomic E-state index is 13.8. The number of aryl methyl sites for hydroxylation is 1. The first-order valence-corrected chi connectivity index (χ1v) is 6.67. The third kappa shape index (κ3) is 2.65. The smallest absolute Gasteiger partial charge is 0.194 e. The maximum Gasteiger partial charge on any atom is 0.194 e. The average Bonchev–Trinajstić information content (AvgIpc) is 2.72. The lowest BCUT2D eigenvalue weighted by molar-refractivity contribution is 0.211. The number of aromatic nitrogens is 2. The molecule has 7 heteroatoms. The lowest BCUT2D eigenvalue weighted by atomic mass is 9.97. The quantitative estimate of drug-likeness (QED) is 0.876. The van der Waals surface area contributed by atoms with E-state index in [9.17, 15) is 18.3 Å². The van der Waals surface area contributed by atoms with Gasteiger partial charge in [0.15, 0.2) is 17.5 Å². The van der Waals surface area contributed by atoms with Crippen LogP contribution in [-0.2, 0) is 7.05 Å². The predicted octanol–water partition coefficient (Wildman–Crippen LogP) is 3.70. The number of benzene rings is 1. The molecular formula is C14H14ClF3N2O. The topological polar surface area (TPSA) is 38.0 Å². The van der Waals surface area contributed by atoms with Gasteiger partial charge >= 0.3 is 0 Å². The van der Waals surface area contributed by atoms with Crippen LogP contribution in [0, 0.1) is 17.5 Å². The van der Waals surface area contributed by atoms with Crippen molar-refractivity contribution in [1.29, 1.82) is 0 Å². The molecule has 114 valence electrons. The van der Waals surface area contributed by atoms with Gasteiger partial charge in [-0.05, 0) is 12.0 Å². The van der Waals surface area contributed by atoms with Gasteiger partial charge in [0.2, 0.25) is 0 Å². The van der Waals surface area contributed by atoms with Crippen molar-refractivity contribution in [3.05, 3.63) is 51.6 Å². The fourth-order valence-electron chi connectivity index (χ4n) is 2.13. The number of halogens is 4. The van der Waals surface area contributed by atoms with Crippen LogP contribution in [0.1, 0.15) is 42.7 Å². The monoisotopic (exact) mass is 318 g/mol. The van der Waals surface area contributed by atoms with E-state index in [-0.39, 0.29) is 22.2 Å². The molecule has 1 unspecified atom stereocenters. The highest BCUT2D eigenvalue weighted by atomic mass is 35.5. The molecule has 3 nitrogen and oxygen atoms in total. The van der Waals surface area contributed by atoms with Gasteiger partial charge in [-0.3, -0.25) is 4.68 Å². The Morgan fingerprint density at radius 1 is 1.19 bits per heavy atom. The van der Waals surface area contributed by atoms with Crippen molar-refractivity contribution in [1.82, 2.24) is 9.78 Å². The predicted molar refractivity (Wildman–Crippen MR) is 72.7 cm³/mol. The first-order chi connectivity index (χ1) is 9.75. The number of aliphatic hydroxyl groups is 1. The summed E-state index contributed by atoms with van der Waals surface area (Å²) in [6.45, 7) is 3.66. The molecule has 0 aliphatic heterocycles. The van der Waals surface area contributed by atoms with E-state index < -0.39 is 23.6 Å². The molecule has 2 rings (SSSR count). The first kappa shape index (κ1) is 15.9. The molecule has 0 saturated heterocycles. The Hall–Kier alpha value is -1.53.